The van der Waals surface area contributed by atoms with Crippen molar-refractivity contribution in [2.75, 3.05) is 0 Å². The van der Waals surface area contributed by atoms with Gasteiger partial charge in [0.25, 0.3) is 5.56 Å². The number of aromatic nitrogens is 6. The first-order valence-corrected chi connectivity index (χ1v) is 8.32. The molecule has 0 amide bonds. The molecule has 4 rings (SSSR count). The Morgan fingerprint density at radius 1 is 1.17 bits per heavy atom. The standard InChI is InChI=1S/C16H14N6OS/c1-2-22-12(17-9-19-22)8-21-10-18-14-13(11-6-4-3-5-7-11)20-24-15(14)16(21)23/h3-7,9-10H,2,8H2,1H3. The Labute approximate surface area is 141 Å². The van der Waals surface area contributed by atoms with Crippen LogP contribution < -0.4 is 5.56 Å². The Balaban J connectivity index is 1.78. The molecule has 8 heteroatoms. The molecule has 3 aromatic heterocycles. The fraction of sp³-hybridized carbons (Fsp3) is 0.188. The van der Waals surface area contributed by atoms with Crippen LogP contribution in [0.15, 0.2) is 47.8 Å². The lowest BCUT2D eigenvalue weighted by Crippen LogP contribution is -2.22. The number of fused-ring (bicyclic) bond motifs is 1. The van der Waals surface area contributed by atoms with Gasteiger partial charge in [0.1, 0.15) is 28.1 Å². The zero-order valence-corrected chi connectivity index (χ0v) is 13.8. The van der Waals surface area contributed by atoms with E-state index in [4.69, 9.17) is 0 Å². The van der Waals surface area contributed by atoms with Crippen LogP contribution in [0.1, 0.15) is 12.7 Å². The molecule has 0 fully saturated rings. The molecule has 0 unspecified atom stereocenters. The Morgan fingerprint density at radius 2 is 2.00 bits per heavy atom. The minimum atomic E-state index is -0.106. The lowest BCUT2D eigenvalue weighted by atomic mass is 10.1. The maximum absolute atomic E-state index is 12.7. The molecule has 0 aliphatic heterocycles. The second-order valence-electron chi connectivity index (χ2n) is 5.24. The highest BCUT2D eigenvalue weighted by Crippen LogP contribution is 2.26. The Hall–Kier alpha value is -2.87. The van der Waals surface area contributed by atoms with Crippen molar-refractivity contribution in [1.82, 2.24) is 28.7 Å². The average Bonchev–Trinajstić information content (AvgIpc) is 3.25. The summed E-state index contributed by atoms with van der Waals surface area (Å²) < 4.78 is 8.30. The number of aryl methyl sites for hydroxylation is 1. The summed E-state index contributed by atoms with van der Waals surface area (Å²) in [6, 6.07) is 9.76. The van der Waals surface area contributed by atoms with Crippen LogP contribution in [-0.4, -0.2) is 28.7 Å². The largest absolute Gasteiger partial charge is 0.290 e. The summed E-state index contributed by atoms with van der Waals surface area (Å²) in [6.07, 6.45) is 3.05. The summed E-state index contributed by atoms with van der Waals surface area (Å²) >= 11 is 1.18. The van der Waals surface area contributed by atoms with E-state index in [1.807, 2.05) is 37.3 Å². The van der Waals surface area contributed by atoms with Crippen molar-refractivity contribution in [2.45, 2.75) is 20.0 Å². The van der Waals surface area contributed by atoms with Crippen molar-refractivity contribution in [3.05, 3.63) is 59.2 Å². The SMILES string of the molecule is CCn1ncnc1Cn1cnc2c(-c3ccccc3)nsc2c1=O. The molecule has 0 spiro atoms. The molecule has 0 radical (unpaired) electrons. The second kappa shape index (κ2) is 5.97. The normalized spacial score (nSPS) is 11.2. The molecule has 7 nitrogen and oxygen atoms in total. The highest BCUT2D eigenvalue weighted by atomic mass is 32.1. The van der Waals surface area contributed by atoms with Gasteiger partial charge in [-0.15, -0.1) is 0 Å². The van der Waals surface area contributed by atoms with E-state index in [0.29, 0.717) is 23.3 Å². The maximum atomic E-state index is 12.7. The van der Waals surface area contributed by atoms with E-state index in [9.17, 15) is 4.79 Å². The molecule has 0 aliphatic rings. The molecule has 0 saturated carbocycles. The first-order valence-electron chi connectivity index (χ1n) is 7.55. The lowest BCUT2D eigenvalue weighted by Gasteiger charge is -2.06. The quantitative estimate of drug-likeness (QED) is 0.570. The van der Waals surface area contributed by atoms with Gasteiger partial charge in [0.05, 0.1) is 12.9 Å². The molecule has 0 atom stereocenters. The lowest BCUT2D eigenvalue weighted by molar-refractivity contribution is 0.584. The predicted octanol–water partition coefficient (Wildman–Crippen LogP) is 2.18. The third kappa shape index (κ3) is 2.41. The zero-order chi connectivity index (χ0) is 16.5. The molecule has 0 aliphatic carbocycles. The maximum Gasteiger partial charge on any atom is 0.273 e. The van der Waals surface area contributed by atoms with E-state index in [-0.39, 0.29) is 5.56 Å². The Bertz CT molecular complexity index is 1050. The van der Waals surface area contributed by atoms with Gasteiger partial charge in [-0.1, -0.05) is 30.3 Å². The van der Waals surface area contributed by atoms with Gasteiger partial charge in [-0.25, -0.2) is 14.6 Å². The molecular weight excluding hydrogens is 324 g/mol. The highest BCUT2D eigenvalue weighted by Gasteiger charge is 2.15. The van der Waals surface area contributed by atoms with Crippen LogP contribution in [0.5, 0.6) is 0 Å². The van der Waals surface area contributed by atoms with Crippen LogP contribution in [0.4, 0.5) is 0 Å². The van der Waals surface area contributed by atoms with Crippen LogP contribution in [-0.2, 0) is 13.1 Å². The van der Waals surface area contributed by atoms with Crippen LogP contribution in [0, 0.1) is 0 Å². The third-order valence-electron chi connectivity index (χ3n) is 3.80. The van der Waals surface area contributed by atoms with Crippen molar-refractivity contribution in [3.8, 4) is 11.3 Å². The van der Waals surface area contributed by atoms with E-state index >= 15 is 0 Å². The number of hydrogen-bond donors (Lipinski definition) is 0. The molecule has 4 aromatic rings. The molecular formula is C16H14N6OS. The van der Waals surface area contributed by atoms with Crippen molar-refractivity contribution in [1.29, 1.82) is 0 Å². The molecule has 3 heterocycles. The summed E-state index contributed by atoms with van der Waals surface area (Å²) in [5.41, 5.74) is 2.24. The van der Waals surface area contributed by atoms with Crippen molar-refractivity contribution < 1.29 is 0 Å². The minimum Gasteiger partial charge on any atom is -0.290 e. The van der Waals surface area contributed by atoms with E-state index in [0.717, 1.165) is 17.1 Å². The van der Waals surface area contributed by atoms with Crippen LogP contribution in [0.25, 0.3) is 21.5 Å². The van der Waals surface area contributed by atoms with Crippen LogP contribution >= 0.6 is 11.5 Å². The molecule has 120 valence electrons. The number of hydrogen-bond acceptors (Lipinski definition) is 6. The average molecular weight is 338 g/mol. The fourth-order valence-corrected chi connectivity index (χ4v) is 3.39. The smallest absolute Gasteiger partial charge is 0.273 e. The number of nitrogens with zero attached hydrogens (tertiary/aromatic N) is 6. The summed E-state index contributed by atoms with van der Waals surface area (Å²) in [5.74, 6) is 0.730. The zero-order valence-electron chi connectivity index (χ0n) is 13.0. The van der Waals surface area contributed by atoms with Gasteiger partial charge in [-0.3, -0.25) is 9.36 Å². The topological polar surface area (TPSA) is 78.5 Å². The Kier molecular flexibility index (Phi) is 3.66. The fourth-order valence-electron chi connectivity index (χ4n) is 2.58. The number of benzene rings is 1. The Morgan fingerprint density at radius 3 is 2.79 bits per heavy atom. The van der Waals surface area contributed by atoms with Gasteiger partial charge in [0.2, 0.25) is 0 Å². The van der Waals surface area contributed by atoms with E-state index in [1.165, 1.54) is 17.9 Å². The number of rotatable bonds is 4. The van der Waals surface area contributed by atoms with Crippen molar-refractivity contribution in [2.24, 2.45) is 0 Å². The van der Waals surface area contributed by atoms with Gasteiger partial charge in [-0.2, -0.15) is 9.47 Å². The summed E-state index contributed by atoms with van der Waals surface area (Å²) in [7, 11) is 0. The van der Waals surface area contributed by atoms with Crippen molar-refractivity contribution in [3.63, 3.8) is 0 Å². The van der Waals surface area contributed by atoms with Gasteiger partial charge < -0.3 is 0 Å². The highest BCUT2D eigenvalue weighted by molar-refractivity contribution is 7.13. The van der Waals surface area contributed by atoms with E-state index < -0.39 is 0 Å². The predicted molar refractivity (Wildman–Crippen MR) is 91.9 cm³/mol. The third-order valence-corrected chi connectivity index (χ3v) is 4.63. The van der Waals surface area contributed by atoms with E-state index in [1.54, 1.807) is 15.6 Å². The van der Waals surface area contributed by atoms with Gasteiger partial charge in [-0.05, 0) is 18.5 Å². The minimum absolute atomic E-state index is 0.106. The first-order chi connectivity index (χ1) is 11.8. The summed E-state index contributed by atoms with van der Waals surface area (Å²) in [4.78, 5) is 21.4. The monoisotopic (exact) mass is 338 g/mol. The van der Waals surface area contributed by atoms with Gasteiger partial charge >= 0.3 is 0 Å². The molecule has 24 heavy (non-hydrogen) atoms. The first kappa shape index (κ1) is 14.7. The van der Waals surface area contributed by atoms with Gasteiger partial charge in [0, 0.05) is 12.1 Å². The molecule has 0 N–H and O–H groups in total. The second-order valence-corrected chi connectivity index (χ2v) is 6.02. The van der Waals surface area contributed by atoms with E-state index in [2.05, 4.69) is 19.4 Å². The molecule has 1 aromatic carbocycles. The van der Waals surface area contributed by atoms with Crippen molar-refractivity contribution >= 4 is 21.7 Å². The molecule has 0 bridgehead atoms. The summed E-state index contributed by atoms with van der Waals surface area (Å²) in [5, 5.41) is 4.13. The van der Waals surface area contributed by atoms with Gasteiger partial charge in [0.15, 0.2) is 0 Å². The summed E-state index contributed by atoms with van der Waals surface area (Å²) in [6.45, 7) is 3.03. The molecule has 0 saturated heterocycles. The van der Waals surface area contributed by atoms with Crippen LogP contribution in [0.3, 0.4) is 0 Å². The van der Waals surface area contributed by atoms with Crippen LogP contribution in [0.2, 0.25) is 0 Å².